The van der Waals surface area contributed by atoms with Gasteiger partial charge in [0.05, 0.1) is 5.56 Å². The number of aromatic nitrogens is 1. The van der Waals surface area contributed by atoms with Crippen LogP contribution in [0.4, 0.5) is 10.1 Å². The molecule has 3 aromatic rings. The summed E-state index contributed by atoms with van der Waals surface area (Å²) < 4.78 is 18.3. The van der Waals surface area contributed by atoms with E-state index in [-0.39, 0.29) is 0 Å². The van der Waals surface area contributed by atoms with Gasteiger partial charge in [-0.25, -0.2) is 9.18 Å². The smallest absolute Gasteiger partial charge is 0.341 e. The Kier molecular flexibility index (Phi) is 4.29. The number of amides is 1. The Labute approximate surface area is 137 Å². The molecule has 1 heterocycles. The molecule has 5 nitrogen and oxygen atoms in total. The molecule has 0 aliphatic rings. The summed E-state index contributed by atoms with van der Waals surface area (Å²) in [7, 11) is 0. The topological polar surface area (TPSA) is 71.2 Å². The van der Waals surface area contributed by atoms with E-state index in [2.05, 4.69) is 10.3 Å². The molecule has 0 aliphatic heterocycles. The largest absolute Gasteiger partial charge is 0.449 e. The zero-order chi connectivity index (χ0) is 17.1. The third-order valence-corrected chi connectivity index (χ3v) is 3.55. The average Bonchev–Trinajstić information content (AvgIpc) is 2.99. The van der Waals surface area contributed by atoms with Crippen LogP contribution in [0.3, 0.4) is 0 Å². The molecular weight excluding hydrogens is 311 g/mol. The van der Waals surface area contributed by atoms with E-state index in [1.165, 1.54) is 25.1 Å². The first kappa shape index (κ1) is 15.7. The van der Waals surface area contributed by atoms with Crippen LogP contribution >= 0.6 is 0 Å². The lowest BCUT2D eigenvalue weighted by Gasteiger charge is -2.13. The van der Waals surface area contributed by atoms with Gasteiger partial charge in [-0.3, -0.25) is 4.79 Å². The van der Waals surface area contributed by atoms with Crippen molar-refractivity contribution in [2.45, 2.75) is 13.0 Å². The third kappa shape index (κ3) is 3.27. The van der Waals surface area contributed by atoms with E-state index in [1.54, 1.807) is 18.3 Å². The molecule has 0 aliphatic carbocycles. The monoisotopic (exact) mass is 326 g/mol. The molecule has 0 saturated heterocycles. The van der Waals surface area contributed by atoms with Gasteiger partial charge in [0, 0.05) is 22.8 Å². The maximum absolute atomic E-state index is 13.1. The lowest BCUT2D eigenvalue weighted by Crippen LogP contribution is -2.30. The molecule has 6 heteroatoms. The van der Waals surface area contributed by atoms with Gasteiger partial charge < -0.3 is 15.0 Å². The summed E-state index contributed by atoms with van der Waals surface area (Å²) in [5, 5.41) is 3.23. The number of rotatable bonds is 4. The van der Waals surface area contributed by atoms with Gasteiger partial charge in [0.2, 0.25) is 0 Å². The summed E-state index contributed by atoms with van der Waals surface area (Å²) in [5.74, 6) is -1.60. The van der Waals surface area contributed by atoms with E-state index < -0.39 is 23.8 Å². The van der Waals surface area contributed by atoms with Crippen LogP contribution < -0.4 is 5.32 Å². The number of halogens is 1. The minimum atomic E-state index is -1.02. The van der Waals surface area contributed by atoms with Gasteiger partial charge in [0.15, 0.2) is 6.10 Å². The third-order valence-electron chi connectivity index (χ3n) is 3.55. The average molecular weight is 326 g/mol. The fourth-order valence-electron chi connectivity index (χ4n) is 2.33. The van der Waals surface area contributed by atoms with Crippen molar-refractivity contribution in [3.8, 4) is 0 Å². The number of H-pyrrole nitrogens is 1. The maximum Gasteiger partial charge on any atom is 0.341 e. The van der Waals surface area contributed by atoms with Crippen LogP contribution in [-0.4, -0.2) is 23.0 Å². The highest BCUT2D eigenvalue weighted by Gasteiger charge is 2.21. The SMILES string of the molecule is C[C@H](OC(=O)c1c[nH]c2ccccc12)C(=O)Nc1cccc(F)c1. The highest BCUT2D eigenvalue weighted by atomic mass is 19.1. The van der Waals surface area contributed by atoms with Crippen LogP contribution in [0.15, 0.2) is 54.7 Å². The second kappa shape index (κ2) is 6.54. The second-order valence-electron chi connectivity index (χ2n) is 5.30. The van der Waals surface area contributed by atoms with Gasteiger partial charge in [0.25, 0.3) is 5.91 Å². The molecule has 1 aromatic heterocycles. The Hall–Kier alpha value is -3.15. The van der Waals surface area contributed by atoms with Gasteiger partial charge in [-0.2, -0.15) is 0 Å². The molecule has 0 bridgehead atoms. The Bertz CT molecular complexity index is 904. The Balaban J connectivity index is 1.68. The van der Waals surface area contributed by atoms with Crippen LogP contribution in [0.2, 0.25) is 0 Å². The van der Waals surface area contributed by atoms with Gasteiger partial charge >= 0.3 is 5.97 Å². The molecule has 24 heavy (non-hydrogen) atoms. The zero-order valence-corrected chi connectivity index (χ0v) is 12.9. The molecule has 0 saturated carbocycles. The molecule has 2 aromatic carbocycles. The Morgan fingerprint density at radius 3 is 2.75 bits per heavy atom. The fraction of sp³-hybridized carbons (Fsp3) is 0.111. The van der Waals surface area contributed by atoms with Crippen molar-refractivity contribution < 1.29 is 18.7 Å². The van der Waals surface area contributed by atoms with E-state index in [1.807, 2.05) is 18.2 Å². The van der Waals surface area contributed by atoms with Crippen molar-refractivity contribution >= 4 is 28.5 Å². The van der Waals surface area contributed by atoms with Gasteiger partial charge in [-0.15, -0.1) is 0 Å². The van der Waals surface area contributed by atoms with Gasteiger partial charge in [-0.1, -0.05) is 24.3 Å². The van der Waals surface area contributed by atoms with Gasteiger partial charge in [0.1, 0.15) is 5.82 Å². The number of nitrogens with one attached hydrogen (secondary N) is 2. The quantitative estimate of drug-likeness (QED) is 0.721. The van der Waals surface area contributed by atoms with Crippen molar-refractivity contribution in [1.29, 1.82) is 0 Å². The minimum absolute atomic E-state index is 0.301. The Morgan fingerprint density at radius 2 is 1.96 bits per heavy atom. The van der Waals surface area contributed by atoms with Crippen molar-refractivity contribution in [2.75, 3.05) is 5.32 Å². The number of benzene rings is 2. The summed E-state index contributed by atoms with van der Waals surface area (Å²) in [5.41, 5.74) is 1.47. The normalized spacial score (nSPS) is 11.9. The molecule has 0 fully saturated rings. The highest BCUT2D eigenvalue weighted by molar-refractivity contribution is 6.05. The molecule has 1 amide bonds. The van der Waals surface area contributed by atoms with Crippen molar-refractivity contribution in [3.05, 3.63) is 66.1 Å². The van der Waals surface area contributed by atoms with Crippen molar-refractivity contribution in [2.24, 2.45) is 0 Å². The standard InChI is InChI=1S/C18H15FN2O3/c1-11(17(22)21-13-6-4-5-12(19)9-13)24-18(23)15-10-20-16-8-3-2-7-14(15)16/h2-11,20H,1H3,(H,21,22)/t11-/m0/s1. The van der Waals surface area contributed by atoms with Crippen LogP contribution in [0.5, 0.6) is 0 Å². The predicted octanol–water partition coefficient (Wildman–Crippen LogP) is 3.49. The van der Waals surface area contributed by atoms with Crippen molar-refractivity contribution in [1.82, 2.24) is 4.98 Å². The number of hydrogen-bond donors (Lipinski definition) is 2. The number of carbonyl (C=O) groups is 2. The lowest BCUT2D eigenvalue weighted by molar-refractivity contribution is -0.123. The fourth-order valence-corrected chi connectivity index (χ4v) is 2.33. The van der Waals surface area contributed by atoms with E-state index in [9.17, 15) is 14.0 Å². The second-order valence-corrected chi connectivity index (χ2v) is 5.30. The van der Waals surface area contributed by atoms with E-state index in [0.29, 0.717) is 11.3 Å². The lowest BCUT2D eigenvalue weighted by atomic mass is 10.2. The first-order valence-electron chi connectivity index (χ1n) is 7.38. The molecule has 0 spiro atoms. The first-order valence-corrected chi connectivity index (χ1v) is 7.38. The molecule has 0 unspecified atom stereocenters. The molecular formula is C18H15FN2O3. The molecule has 0 radical (unpaired) electrons. The molecule has 2 N–H and O–H groups in total. The Morgan fingerprint density at radius 1 is 1.17 bits per heavy atom. The summed E-state index contributed by atoms with van der Waals surface area (Å²) in [6.07, 6.45) is 0.527. The minimum Gasteiger partial charge on any atom is -0.449 e. The maximum atomic E-state index is 13.1. The zero-order valence-electron chi connectivity index (χ0n) is 12.9. The highest BCUT2D eigenvalue weighted by Crippen LogP contribution is 2.19. The summed E-state index contributed by atoms with van der Waals surface area (Å²) >= 11 is 0. The van der Waals surface area contributed by atoms with E-state index in [4.69, 9.17) is 4.74 Å². The van der Waals surface area contributed by atoms with Gasteiger partial charge in [-0.05, 0) is 31.2 Å². The number of ether oxygens (including phenoxy) is 1. The number of esters is 1. The number of carbonyl (C=O) groups excluding carboxylic acids is 2. The molecule has 3 rings (SSSR count). The van der Waals surface area contributed by atoms with E-state index >= 15 is 0 Å². The number of aromatic amines is 1. The molecule has 1 atom stereocenters. The summed E-state index contributed by atoms with van der Waals surface area (Å²) in [4.78, 5) is 27.3. The number of fused-ring (bicyclic) bond motifs is 1. The summed E-state index contributed by atoms with van der Waals surface area (Å²) in [6, 6.07) is 12.8. The van der Waals surface area contributed by atoms with Crippen molar-refractivity contribution in [3.63, 3.8) is 0 Å². The predicted molar refractivity (Wildman–Crippen MR) is 88.2 cm³/mol. The number of para-hydroxylation sites is 1. The van der Waals surface area contributed by atoms with E-state index in [0.717, 1.165) is 10.9 Å². The number of anilines is 1. The van der Waals surface area contributed by atoms with Crippen LogP contribution in [0.25, 0.3) is 10.9 Å². The van der Waals surface area contributed by atoms with Crippen LogP contribution in [-0.2, 0) is 9.53 Å². The first-order chi connectivity index (χ1) is 11.5. The van der Waals surface area contributed by atoms with Crippen LogP contribution in [0.1, 0.15) is 17.3 Å². The number of hydrogen-bond acceptors (Lipinski definition) is 3. The summed E-state index contributed by atoms with van der Waals surface area (Å²) in [6.45, 7) is 1.46. The molecule has 122 valence electrons. The van der Waals surface area contributed by atoms with Crippen LogP contribution in [0, 0.1) is 5.82 Å².